The second-order valence-corrected chi connectivity index (χ2v) is 6.21. The van der Waals surface area contributed by atoms with E-state index in [-0.39, 0.29) is 5.54 Å². The smallest absolute Gasteiger partial charge is 0.0945 e. The van der Waals surface area contributed by atoms with Gasteiger partial charge in [0, 0.05) is 37.6 Å². The van der Waals surface area contributed by atoms with E-state index in [1.165, 1.54) is 25.7 Å². The Morgan fingerprint density at radius 2 is 2.37 bits per heavy atom. The number of hydrogen-bond donors (Lipinski definition) is 1. The summed E-state index contributed by atoms with van der Waals surface area (Å²) in [7, 11) is 2.25. The van der Waals surface area contributed by atoms with Gasteiger partial charge in [0.25, 0.3) is 0 Å². The van der Waals surface area contributed by atoms with E-state index in [1.54, 1.807) is 0 Å². The van der Waals surface area contributed by atoms with E-state index < -0.39 is 0 Å². The van der Waals surface area contributed by atoms with Crippen LogP contribution >= 0.6 is 0 Å². The molecule has 0 amide bonds. The number of likely N-dealkylation sites (N-methyl/N-ethyl adjacent to an activating group) is 1. The Kier molecular flexibility index (Phi) is 4.99. The third-order valence-electron chi connectivity index (χ3n) is 4.73. The fourth-order valence-electron chi connectivity index (χ4n) is 3.47. The summed E-state index contributed by atoms with van der Waals surface area (Å²) in [5.41, 5.74) is 6.35. The second-order valence-electron chi connectivity index (χ2n) is 6.21. The lowest BCUT2D eigenvalue weighted by Crippen LogP contribution is -2.54. The highest BCUT2D eigenvalue weighted by molar-refractivity contribution is 4.94. The molecule has 2 N–H and O–H groups in total. The first-order chi connectivity index (χ1) is 9.16. The topological polar surface area (TPSA) is 47.1 Å². The Balaban J connectivity index is 1.84. The quantitative estimate of drug-likeness (QED) is 0.856. The molecule has 1 aliphatic rings. The van der Waals surface area contributed by atoms with Gasteiger partial charge in [-0.1, -0.05) is 19.8 Å². The molecule has 1 fully saturated rings. The van der Waals surface area contributed by atoms with Crippen LogP contribution in [0.3, 0.4) is 0 Å². The lowest BCUT2D eigenvalue weighted by molar-refractivity contribution is 0.0598. The van der Waals surface area contributed by atoms with Gasteiger partial charge in [0.15, 0.2) is 0 Å². The first-order valence-electron chi connectivity index (χ1n) is 7.53. The van der Waals surface area contributed by atoms with E-state index in [1.807, 2.05) is 18.7 Å². The second kappa shape index (κ2) is 6.53. The number of rotatable bonds is 6. The number of aryl methyl sites for hydroxylation is 1. The van der Waals surface area contributed by atoms with Crippen molar-refractivity contribution in [2.75, 3.05) is 20.1 Å². The first kappa shape index (κ1) is 14.5. The molecule has 0 spiro atoms. The van der Waals surface area contributed by atoms with Crippen molar-refractivity contribution in [2.24, 2.45) is 11.7 Å². The number of imidazole rings is 1. The van der Waals surface area contributed by atoms with Gasteiger partial charge in [-0.15, -0.1) is 0 Å². The predicted molar refractivity (Wildman–Crippen MR) is 78.9 cm³/mol. The van der Waals surface area contributed by atoms with E-state index in [0.29, 0.717) is 0 Å². The summed E-state index contributed by atoms with van der Waals surface area (Å²) in [6.45, 7) is 5.31. The molecule has 0 aromatic carbocycles. The Hall–Kier alpha value is -0.870. The molecule has 1 heterocycles. The van der Waals surface area contributed by atoms with Gasteiger partial charge in [-0.3, -0.25) is 4.90 Å². The molecule has 2 rings (SSSR count). The van der Waals surface area contributed by atoms with Crippen molar-refractivity contribution in [1.29, 1.82) is 0 Å². The molecule has 4 nitrogen and oxygen atoms in total. The van der Waals surface area contributed by atoms with Crippen LogP contribution in [0.5, 0.6) is 0 Å². The average Bonchev–Trinajstić information content (AvgIpc) is 2.91. The van der Waals surface area contributed by atoms with Crippen LogP contribution in [0.1, 0.15) is 39.0 Å². The zero-order chi connectivity index (χ0) is 13.7. The fourth-order valence-corrected chi connectivity index (χ4v) is 3.47. The summed E-state index contributed by atoms with van der Waals surface area (Å²) >= 11 is 0. The van der Waals surface area contributed by atoms with Gasteiger partial charge in [-0.2, -0.15) is 0 Å². The number of nitrogens with two attached hydrogens (primary N) is 1. The summed E-state index contributed by atoms with van der Waals surface area (Å²) < 4.78 is 2.15. The maximum atomic E-state index is 6.11. The van der Waals surface area contributed by atoms with Crippen LogP contribution in [0, 0.1) is 5.92 Å². The largest absolute Gasteiger partial charge is 0.337 e. The molecule has 1 aromatic rings. The third-order valence-corrected chi connectivity index (χ3v) is 4.73. The van der Waals surface area contributed by atoms with Gasteiger partial charge in [0.2, 0.25) is 0 Å². The van der Waals surface area contributed by atoms with Crippen LogP contribution in [-0.4, -0.2) is 40.1 Å². The molecule has 1 saturated carbocycles. The van der Waals surface area contributed by atoms with Crippen molar-refractivity contribution < 1.29 is 0 Å². The molecule has 2 unspecified atom stereocenters. The molecular weight excluding hydrogens is 236 g/mol. The molecule has 19 heavy (non-hydrogen) atoms. The van der Waals surface area contributed by atoms with Crippen molar-refractivity contribution in [3.05, 3.63) is 18.7 Å². The van der Waals surface area contributed by atoms with E-state index >= 15 is 0 Å². The Labute approximate surface area is 117 Å². The monoisotopic (exact) mass is 264 g/mol. The Morgan fingerprint density at radius 3 is 3.00 bits per heavy atom. The maximum Gasteiger partial charge on any atom is 0.0945 e. The van der Waals surface area contributed by atoms with Crippen LogP contribution in [0.4, 0.5) is 0 Å². The van der Waals surface area contributed by atoms with Gasteiger partial charge in [-0.25, -0.2) is 4.98 Å². The van der Waals surface area contributed by atoms with Gasteiger partial charge in [0.1, 0.15) is 0 Å². The van der Waals surface area contributed by atoms with Gasteiger partial charge in [0.05, 0.1) is 6.33 Å². The summed E-state index contributed by atoms with van der Waals surface area (Å²) in [6.07, 6.45) is 12.1. The number of aromatic nitrogens is 2. The van der Waals surface area contributed by atoms with Crippen LogP contribution in [0.25, 0.3) is 0 Å². The van der Waals surface area contributed by atoms with E-state index in [2.05, 4.69) is 28.4 Å². The predicted octanol–water partition coefficient (Wildman–Crippen LogP) is 2.11. The zero-order valence-corrected chi connectivity index (χ0v) is 12.4. The van der Waals surface area contributed by atoms with Crippen molar-refractivity contribution in [3.63, 3.8) is 0 Å². The van der Waals surface area contributed by atoms with E-state index in [4.69, 9.17) is 5.73 Å². The lowest BCUT2D eigenvalue weighted by Gasteiger charge is -2.46. The lowest BCUT2D eigenvalue weighted by atomic mass is 9.75. The van der Waals surface area contributed by atoms with Crippen LogP contribution in [0.15, 0.2) is 18.7 Å². The minimum atomic E-state index is 0.243. The Morgan fingerprint density at radius 1 is 1.53 bits per heavy atom. The van der Waals surface area contributed by atoms with Gasteiger partial charge >= 0.3 is 0 Å². The van der Waals surface area contributed by atoms with Gasteiger partial charge < -0.3 is 10.3 Å². The highest BCUT2D eigenvalue weighted by atomic mass is 15.2. The molecule has 4 heteroatoms. The van der Waals surface area contributed by atoms with Crippen molar-refractivity contribution in [1.82, 2.24) is 14.5 Å². The normalized spacial score (nSPS) is 27.9. The molecule has 1 aromatic heterocycles. The van der Waals surface area contributed by atoms with Crippen molar-refractivity contribution >= 4 is 0 Å². The minimum Gasteiger partial charge on any atom is -0.337 e. The summed E-state index contributed by atoms with van der Waals surface area (Å²) in [6, 6.07) is 0. The highest BCUT2D eigenvalue weighted by Crippen LogP contribution is 2.35. The summed E-state index contributed by atoms with van der Waals surface area (Å²) in [5, 5.41) is 0. The van der Waals surface area contributed by atoms with Crippen molar-refractivity contribution in [3.8, 4) is 0 Å². The molecule has 0 saturated heterocycles. The molecule has 0 bridgehead atoms. The number of nitrogens with zero attached hydrogens (tertiary/aromatic N) is 3. The summed E-state index contributed by atoms with van der Waals surface area (Å²) in [5.74, 6) is 0.813. The zero-order valence-electron chi connectivity index (χ0n) is 12.4. The summed E-state index contributed by atoms with van der Waals surface area (Å²) in [4.78, 5) is 6.59. The standard InChI is InChI=1S/C15H28N4/c1-14-5-3-6-15(11-14,12-16)18(2)8-4-9-19-10-7-17-13-19/h7,10,13-14H,3-6,8-9,11-12,16H2,1-2H3. The van der Waals surface area contributed by atoms with Gasteiger partial charge in [-0.05, 0) is 32.2 Å². The number of hydrogen-bond acceptors (Lipinski definition) is 3. The molecule has 0 radical (unpaired) electrons. The molecular formula is C15H28N4. The fraction of sp³-hybridized carbons (Fsp3) is 0.800. The van der Waals surface area contributed by atoms with Crippen LogP contribution < -0.4 is 5.73 Å². The maximum absolute atomic E-state index is 6.11. The molecule has 108 valence electrons. The van der Waals surface area contributed by atoms with E-state index in [0.717, 1.165) is 32.0 Å². The minimum absolute atomic E-state index is 0.243. The average molecular weight is 264 g/mol. The van der Waals surface area contributed by atoms with Crippen LogP contribution in [-0.2, 0) is 6.54 Å². The van der Waals surface area contributed by atoms with Crippen LogP contribution in [0.2, 0.25) is 0 Å². The first-order valence-corrected chi connectivity index (χ1v) is 7.53. The third kappa shape index (κ3) is 3.57. The van der Waals surface area contributed by atoms with E-state index in [9.17, 15) is 0 Å². The van der Waals surface area contributed by atoms with Crippen molar-refractivity contribution in [2.45, 2.75) is 51.1 Å². The highest BCUT2D eigenvalue weighted by Gasteiger charge is 2.36. The molecule has 2 atom stereocenters. The SMILES string of the molecule is CC1CCCC(CN)(N(C)CCCn2ccnc2)C1. The Bertz CT molecular complexity index is 362. The molecule has 1 aliphatic carbocycles. The molecule has 0 aliphatic heterocycles.